The molecule has 102 valence electrons. The molecule has 3 aromatic rings. The zero-order valence-electron chi connectivity index (χ0n) is 10.9. The van der Waals surface area contributed by atoms with Crippen LogP contribution in [0.4, 0.5) is 5.69 Å². The van der Waals surface area contributed by atoms with Gasteiger partial charge in [0.05, 0.1) is 12.0 Å². The highest BCUT2D eigenvalue weighted by molar-refractivity contribution is 6.21. The number of aliphatic imine (C=N–C) groups is 1. The Morgan fingerprint density at radius 3 is 2.90 bits per heavy atom. The third kappa shape index (κ3) is 1.95. The Bertz CT molecular complexity index is 858. The van der Waals surface area contributed by atoms with Gasteiger partial charge in [0.2, 0.25) is 5.88 Å². The number of hydrogen-bond donors (Lipinski definition) is 2. The predicted octanol–water partition coefficient (Wildman–Crippen LogP) is 3.63. The van der Waals surface area contributed by atoms with Gasteiger partial charge in [-0.05, 0) is 24.3 Å². The number of nitrogens with one attached hydrogen (secondary N) is 1. The van der Waals surface area contributed by atoms with Gasteiger partial charge in [-0.3, -0.25) is 4.99 Å². The van der Waals surface area contributed by atoms with Gasteiger partial charge in [0, 0.05) is 17.4 Å². The molecule has 1 aliphatic heterocycles. The minimum atomic E-state index is -0.0633. The molecule has 0 saturated heterocycles. The summed E-state index contributed by atoms with van der Waals surface area (Å²) in [6, 6.07) is 11.4. The molecule has 3 heterocycles. The highest BCUT2D eigenvalue weighted by Gasteiger charge is 2.15. The Morgan fingerprint density at radius 2 is 2.05 bits per heavy atom. The molecule has 21 heavy (non-hydrogen) atoms. The maximum absolute atomic E-state index is 9.97. The van der Waals surface area contributed by atoms with Crippen molar-refractivity contribution < 1.29 is 9.52 Å². The summed E-state index contributed by atoms with van der Waals surface area (Å²) in [5, 5.41) is 9.97. The number of hydrogen-bond acceptors (Lipinski definition) is 4. The molecule has 2 N–H and O–H groups in total. The summed E-state index contributed by atoms with van der Waals surface area (Å²) in [5.74, 6) is 1.01. The third-order valence-electron chi connectivity index (χ3n) is 3.32. The first-order chi connectivity index (χ1) is 10.3. The second kappa shape index (κ2) is 4.49. The molecule has 0 amide bonds. The van der Waals surface area contributed by atoms with Crippen LogP contribution in [0.2, 0.25) is 0 Å². The molecule has 0 unspecified atom stereocenters. The van der Waals surface area contributed by atoms with E-state index >= 15 is 0 Å². The normalized spacial score (nSPS) is 14.8. The van der Waals surface area contributed by atoms with Gasteiger partial charge in [0.25, 0.3) is 0 Å². The molecule has 1 aliphatic rings. The number of allylic oxidation sites excluding steroid dienone is 1. The van der Waals surface area contributed by atoms with Gasteiger partial charge in [-0.2, -0.15) is 4.98 Å². The predicted molar refractivity (Wildman–Crippen MR) is 80.4 cm³/mol. The lowest BCUT2D eigenvalue weighted by Gasteiger charge is -1.98. The molecule has 0 fully saturated rings. The van der Waals surface area contributed by atoms with Crippen LogP contribution >= 0.6 is 0 Å². The van der Waals surface area contributed by atoms with E-state index in [2.05, 4.69) is 15.0 Å². The van der Waals surface area contributed by atoms with Crippen molar-refractivity contribution in [1.29, 1.82) is 0 Å². The topological polar surface area (TPSA) is 74.4 Å². The number of imidazole rings is 1. The summed E-state index contributed by atoms with van der Waals surface area (Å²) in [5.41, 5.74) is 3.41. The smallest absolute Gasteiger partial charge is 0.237 e. The van der Waals surface area contributed by atoms with Crippen LogP contribution in [0.15, 0.2) is 52.1 Å². The fourth-order valence-electron chi connectivity index (χ4n) is 2.32. The number of rotatable bonds is 2. The number of para-hydroxylation sites is 1. The van der Waals surface area contributed by atoms with Gasteiger partial charge >= 0.3 is 0 Å². The number of benzene rings is 1. The molecule has 0 saturated carbocycles. The first-order valence-electron chi connectivity index (χ1n) is 6.49. The van der Waals surface area contributed by atoms with Crippen molar-refractivity contribution in [2.75, 3.05) is 0 Å². The van der Waals surface area contributed by atoms with Crippen LogP contribution in [-0.4, -0.2) is 21.3 Å². The summed E-state index contributed by atoms with van der Waals surface area (Å²) in [6.07, 6.45) is 5.16. The van der Waals surface area contributed by atoms with Gasteiger partial charge in [0.1, 0.15) is 5.69 Å². The van der Waals surface area contributed by atoms with Crippen molar-refractivity contribution in [2.45, 2.75) is 0 Å². The van der Waals surface area contributed by atoms with E-state index in [1.165, 1.54) is 0 Å². The molecule has 1 aromatic carbocycles. The fraction of sp³-hybridized carbons (Fsp3) is 0. The Morgan fingerprint density at radius 1 is 1.14 bits per heavy atom. The lowest BCUT2D eigenvalue weighted by Crippen LogP contribution is -1.81. The van der Waals surface area contributed by atoms with Gasteiger partial charge < -0.3 is 14.5 Å². The molecular weight excluding hydrogens is 266 g/mol. The van der Waals surface area contributed by atoms with E-state index < -0.39 is 0 Å². The van der Waals surface area contributed by atoms with Gasteiger partial charge in [0.15, 0.2) is 11.6 Å². The summed E-state index contributed by atoms with van der Waals surface area (Å²) < 4.78 is 5.26. The number of nitrogens with zero attached hydrogens (tertiary/aromatic N) is 2. The SMILES string of the molecule is Oc1nc(-c2ccco2)[nH]c1/C=C1\C=Nc2ccccc21. The number of aromatic hydroxyl groups is 1. The van der Waals surface area contributed by atoms with E-state index in [1.807, 2.05) is 30.3 Å². The van der Waals surface area contributed by atoms with Gasteiger partial charge in [-0.25, -0.2) is 0 Å². The lowest BCUT2D eigenvalue weighted by atomic mass is 10.1. The highest BCUT2D eigenvalue weighted by atomic mass is 16.3. The Kier molecular flexibility index (Phi) is 2.50. The zero-order valence-corrected chi connectivity index (χ0v) is 10.9. The number of aromatic nitrogens is 2. The molecule has 0 radical (unpaired) electrons. The van der Waals surface area contributed by atoms with Gasteiger partial charge in [-0.1, -0.05) is 18.2 Å². The molecule has 0 spiro atoms. The zero-order chi connectivity index (χ0) is 14.2. The minimum Gasteiger partial charge on any atom is -0.492 e. The van der Waals surface area contributed by atoms with Crippen LogP contribution in [0.3, 0.4) is 0 Å². The highest BCUT2D eigenvalue weighted by Crippen LogP contribution is 2.33. The minimum absolute atomic E-state index is 0.0633. The molecule has 5 nitrogen and oxygen atoms in total. The lowest BCUT2D eigenvalue weighted by molar-refractivity contribution is 0.455. The maximum Gasteiger partial charge on any atom is 0.237 e. The van der Waals surface area contributed by atoms with Crippen LogP contribution in [-0.2, 0) is 0 Å². The van der Waals surface area contributed by atoms with Crippen LogP contribution < -0.4 is 0 Å². The van der Waals surface area contributed by atoms with E-state index in [-0.39, 0.29) is 5.88 Å². The fourth-order valence-corrected chi connectivity index (χ4v) is 2.32. The number of aromatic amines is 1. The second-order valence-electron chi connectivity index (χ2n) is 4.68. The quantitative estimate of drug-likeness (QED) is 0.751. The summed E-state index contributed by atoms with van der Waals surface area (Å²) in [7, 11) is 0. The standard InChI is InChI=1S/C16H11N3O2/c20-16-13(18-15(19-16)14-6-3-7-21-14)8-10-9-17-12-5-2-1-4-11(10)12/h1-9,20H,(H,18,19)/b10-8+. The largest absolute Gasteiger partial charge is 0.492 e. The van der Waals surface area contributed by atoms with Crippen molar-refractivity contribution in [3.8, 4) is 17.5 Å². The van der Waals surface area contributed by atoms with E-state index in [4.69, 9.17) is 4.42 Å². The molecule has 2 aromatic heterocycles. The van der Waals surface area contributed by atoms with Crippen molar-refractivity contribution in [2.24, 2.45) is 4.99 Å². The van der Waals surface area contributed by atoms with Crippen molar-refractivity contribution in [3.63, 3.8) is 0 Å². The average Bonchev–Trinajstić information content (AvgIpc) is 3.21. The first kappa shape index (κ1) is 11.7. The Labute approximate surface area is 120 Å². The summed E-state index contributed by atoms with van der Waals surface area (Å²) in [6.45, 7) is 0. The van der Waals surface area contributed by atoms with Crippen LogP contribution in [0.25, 0.3) is 23.2 Å². The van der Waals surface area contributed by atoms with Crippen LogP contribution in [0.5, 0.6) is 5.88 Å². The van der Waals surface area contributed by atoms with Crippen molar-refractivity contribution >= 4 is 23.6 Å². The Balaban J connectivity index is 1.76. The molecule has 0 bridgehead atoms. The average molecular weight is 277 g/mol. The van der Waals surface area contributed by atoms with E-state index in [0.29, 0.717) is 17.3 Å². The molecule has 0 aliphatic carbocycles. The molecule has 4 rings (SSSR count). The first-order valence-corrected chi connectivity index (χ1v) is 6.49. The van der Waals surface area contributed by atoms with E-state index in [1.54, 1.807) is 24.6 Å². The number of furan rings is 1. The molecular formula is C16H11N3O2. The van der Waals surface area contributed by atoms with Gasteiger partial charge in [-0.15, -0.1) is 0 Å². The number of H-pyrrole nitrogens is 1. The van der Waals surface area contributed by atoms with Crippen molar-refractivity contribution in [3.05, 3.63) is 53.9 Å². The second-order valence-corrected chi connectivity index (χ2v) is 4.68. The van der Waals surface area contributed by atoms with E-state index in [0.717, 1.165) is 16.8 Å². The molecule has 5 heteroatoms. The van der Waals surface area contributed by atoms with E-state index in [9.17, 15) is 5.11 Å². The third-order valence-corrected chi connectivity index (χ3v) is 3.32. The number of fused-ring (bicyclic) bond motifs is 1. The van der Waals surface area contributed by atoms with Crippen LogP contribution in [0, 0.1) is 0 Å². The van der Waals surface area contributed by atoms with Crippen LogP contribution in [0.1, 0.15) is 11.3 Å². The monoisotopic (exact) mass is 277 g/mol. The molecule has 0 atom stereocenters. The summed E-state index contributed by atoms with van der Waals surface area (Å²) >= 11 is 0. The Hall–Kier alpha value is -3.08. The maximum atomic E-state index is 9.97. The van der Waals surface area contributed by atoms with Crippen molar-refractivity contribution in [1.82, 2.24) is 9.97 Å². The summed E-state index contributed by atoms with van der Waals surface area (Å²) in [4.78, 5) is 11.5.